The average molecular weight is 662 g/mol. The molecule has 0 fully saturated rings. The second-order valence-corrected chi connectivity index (χ2v) is 12.7. The molecule has 0 radical (unpaired) electrons. The number of nitrogens with one attached hydrogen (secondary N) is 2. The molecule has 3 aromatic rings. The van der Waals surface area contributed by atoms with E-state index in [0.717, 1.165) is 31.4 Å². The van der Waals surface area contributed by atoms with Gasteiger partial charge in [-0.1, -0.05) is 6.92 Å². The number of carbonyl (C=O) groups excluding carboxylic acids is 2. The molecule has 12 nitrogen and oxygen atoms in total. The first-order valence-corrected chi connectivity index (χ1v) is 16.6. The van der Waals surface area contributed by atoms with E-state index in [-0.39, 0.29) is 37.4 Å². The fraction of sp³-hybridized carbons (Fsp3) is 0.472. The van der Waals surface area contributed by atoms with Crippen molar-refractivity contribution in [3.63, 3.8) is 0 Å². The van der Waals surface area contributed by atoms with Crippen LogP contribution in [0.25, 0.3) is 0 Å². The number of likely N-dealkylation sites (N-methyl/N-ethyl adjacent to an activating group) is 1. The highest BCUT2D eigenvalue weighted by Gasteiger charge is 2.30. The van der Waals surface area contributed by atoms with Gasteiger partial charge in [-0.3, -0.25) is 14.7 Å². The molecule has 3 N–H and O–H groups in total. The summed E-state index contributed by atoms with van der Waals surface area (Å²) in [6.07, 6.45) is 5.85. The minimum absolute atomic E-state index is 0.0529. The van der Waals surface area contributed by atoms with Gasteiger partial charge in [0.25, 0.3) is 5.91 Å². The lowest BCUT2D eigenvalue weighted by molar-refractivity contribution is -0.0177. The number of aliphatic hydroxyl groups excluding tert-OH is 1. The number of ether oxygens (including phenoxy) is 4. The van der Waals surface area contributed by atoms with Crippen LogP contribution in [0.15, 0.2) is 60.9 Å². The molecule has 0 unspecified atom stereocenters. The highest BCUT2D eigenvalue weighted by molar-refractivity contribution is 6.02. The molecule has 0 saturated carbocycles. The smallest absolute Gasteiger partial charge is 0.323 e. The molecule has 2 aliphatic rings. The topological polar surface area (TPSA) is 135 Å². The average Bonchev–Trinajstić information content (AvgIpc) is 3.54. The van der Waals surface area contributed by atoms with Gasteiger partial charge in [0.2, 0.25) is 6.79 Å². The van der Waals surface area contributed by atoms with E-state index in [9.17, 15) is 14.7 Å². The molecule has 48 heavy (non-hydrogen) atoms. The van der Waals surface area contributed by atoms with E-state index in [1.54, 1.807) is 53.7 Å². The molecule has 5 rings (SSSR count). The quantitative estimate of drug-likeness (QED) is 0.291. The molecule has 258 valence electrons. The second kappa shape index (κ2) is 16.6. The van der Waals surface area contributed by atoms with Gasteiger partial charge in [0.1, 0.15) is 5.75 Å². The summed E-state index contributed by atoms with van der Waals surface area (Å²) in [6.45, 7) is 8.18. The van der Waals surface area contributed by atoms with Crippen LogP contribution in [0.2, 0.25) is 0 Å². The van der Waals surface area contributed by atoms with Gasteiger partial charge in [0.05, 0.1) is 30.4 Å². The van der Waals surface area contributed by atoms with E-state index >= 15 is 0 Å². The van der Waals surface area contributed by atoms with Gasteiger partial charge in [-0.05, 0) is 88.2 Å². The predicted molar refractivity (Wildman–Crippen MR) is 183 cm³/mol. The van der Waals surface area contributed by atoms with E-state index in [2.05, 4.69) is 34.5 Å². The zero-order valence-electron chi connectivity index (χ0n) is 28.2. The number of fused-ring (bicyclic) bond motifs is 2. The number of rotatable bonds is 8. The van der Waals surface area contributed by atoms with Crippen LogP contribution >= 0.6 is 0 Å². The monoisotopic (exact) mass is 661 g/mol. The van der Waals surface area contributed by atoms with Crippen molar-refractivity contribution in [3.8, 4) is 17.2 Å². The third kappa shape index (κ3) is 9.36. The fourth-order valence-corrected chi connectivity index (χ4v) is 5.90. The zero-order chi connectivity index (χ0) is 34.0. The van der Waals surface area contributed by atoms with Gasteiger partial charge in [-0.15, -0.1) is 0 Å². The molecule has 0 spiro atoms. The maximum Gasteiger partial charge on any atom is 0.323 e. The Bertz CT molecular complexity index is 1520. The van der Waals surface area contributed by atoms with Crippen molar-refractivity contribution in [2.24, 2.45) is 5.92 Å². The summed E-state index contributed by atoms with van der Waals surface area (Å²) in [5.41, 5.74) is 2.41. The summed E-state index contributed by atoms with van der Waals surface area (Å²) in [5.74, 6) is 1.25. The van der Waals surface area contributed by atoms with Crippen LogP contribution in [0.5, 0.6) is 17.2 Å². The number of aromatic nitrogens is 1. The van der Waals surface area contributed by atoms with E-state index in [1.807, 2.05) is 26.0 Å². The van der Waals surface area contributed by atoms with Gasteiger partial charge >= 0.3 is 6.03 Å². The lowest BCUT2D eigenvalue weighted by Crippen LogP contribution is -2.47. The Kier molecular flexibility index (Phi) is 12.1. The predicted octanol–water partition coefficient (Wildman–Crippen LogP) is 5.38. The van der Waals surface area contributed by atoms with Gasteiger partial charge in [-0.2, -0.15) is 0 Å². The van der Waals surface area contributed by atoms with Crippen LogP contribution in [0, 0.1) is 5.92 Å². The molecule has 0 saturated heterocycles. The number of nitrogens with zero attached hydrogens (tertiary/aromatic N) is 3. The Hall–Kier alpha value is -4.39. The Balaban J connectivity index is 1.36. The summed E-state index contributed by atoms with van der Waals surface area (Å²) in [7, 11) is 2.06. The maximum absolute atomic E-state index is 14.4. The lowest BCUT2D eigenvalue weighted by Gasteiger charge is -2.36. The number of aliphatic hydroxyl groups is 1. The molecule has 0 aliphatic carbocycles. The van der Waals surface area contributed by atoms with E-state index in [4.69, 9.17) is 18.9 Å². The normalized spacial score (nSPS) is 20.8. The number of urea groups is 1. The van der Waals surface area contributed by atoms with Crippen molar-refractivity contribution in [1.82, 2.24) is 14.8 Å². The molecule has 0 bridgehead atoms. The molecule has 2 aromatic carbocycles. The Morgan fingerprint density at radius 1 is 1.02 bits per heavy atom. The van der Waals surface area contributed by atoms with Gasteiger partial charge in [0.15, 0.2) is 11.5 Å². The molecule has 4 atom stereocenters. The van der Waals surface area contributed by atoms with Crippen molar-refractivity contribution in [3.05, 3.63) is 72.1 Å². The van der Waals surface area contributed by atoms with Gasteiger partial charge in [0, 0.05) is 62.0 Å². The minimum Gasteiger partial charge on any atom is -0.490 e. The van der Waals surface area contributed by atoms with Crippen LogP contribution < -0.4 is 24.8 Å². The van der Waals surface area contributed by atoms with Crippen LogP contribution in [-0.2, 0) is 11.3 Å². The molecular weight excluding hydrogens is 614 g/mol. The van der Waals surface area contributed by atoms with Crippen molar-refractivity contribution >= 4 is 23.3 Å². The number of hydrogen-bond acceptors (Lipinski definition) is 9. The summed E-state index contributed by atoms with van der Waals surface area (Å²) >= 11 is 0. The first-order chi connectivity index (χ1) is 23.2. The van der Waals surface area contributed by atoms with Crippen molar-refractivity contribution in [1.29, 1.82) is 0 Å². The van der Waals surface area contributed by atoms with E-state index in [1.165, 1.54) is 0 Å². The Labute approximate surface area is 282 Å². The lowest BCUT2D eigenvalue weighted by atomic mass is 10.0. The maximum atomic E-state index is 14.4. The van der Waals surface area contributed by atoms with Crippen molar-refractivity contribution in [2.75, 3.05) is 50.8 Å². The molecule has 3 heterocycles. The number of benzene rings is 2. The summed E-state index contributed by atoms with van der Waals surface area (Å²) in [5, 5.41) is 15.9. The van der Waals surface area contributed by atoms with Gasteiger partial charge < -0.3 is 39.6 Å². The second-order valence-electron chi connectivity index (χ2n) is 12.7. The van der Waals surface area contributed by atoms with Gasteiger partial charge in [-0.25, -0.2) is 4.79 Å². The number of pyridine rings is 1. The Morgan fingerprint density at radius 3 is 2.48 bits per heavy atom. The SMILES string of the molecule is C[C@@H]1CCCCO[C@H](CN(C)Cc2ccncc2)[C@H](C)CN([C@H](C)CO)C(=O)c2cc(NC(=O)Nc3ccc4c(c3)OCO4)ccc2O1. The van der Waals surface area contributed by atoms with E-state index < -0.39 is 12.1 Å². The zero-order valence-corrected chi connectivity index (χ0v) is 28.2. The van der Waals surface area contributed by atoms with Crippen molar-refractivity contribution in [2.45, 2.75) is 64.8 Å². The minimum atomic E-state index is -0.485. The number of hydrogen-bond donors (Lipinski definition) is 3. The van der Waals surface area contributed by atoms with Crippen LogP contribution in [0.3, 0.4) is 0 Å². The standard InChI is InChI=1S/C36H47N5O7/c1-24-19-41(25(2)22-42)35(43)30-17-28(38-36(44)39-29-9-11-32-33(18-29)47-23-46-32)8-10-31(30)48-26(3)7-5-6-16-45-34(24)21-40(4)20-27-12-14-37-15-13-27/h8-15,17-18,24-26,34,42H,5-7,16,19-23H2,1-4H3,(H2,38,39,44)/t24-,25-,26-,34-/m1/s1. The molecule has 12 heteroatoms. The van der Waals surface area contributed by atoms with Crippen LogP contribution in [-0.4, -0.2) is 90.2 Å². The summed E-state index contributed by atoms with van der Waals surface area (Å²) in [6, 6.07) is 13.3. The fourth-order valence-electron chi connectivity index (χ4n) is 5.90. The summed E-state index contributed by atoms with van der Waals surface area (Å²) in [4.78, 5) is 35.4. The highest BCUT2D eigenvalue weighted by Crippen LogP contribution is 2.34. The van der Waals surface area contributed by atoms with Crippen LogP contribution in [0.1, 0.15) is 56.0 Å². The number of amides is 3. The highest BCUT2D eigenvalue weighted by atomic mass is 16.7. The Morgan fingerprint density at radius 2 is 1.73 bits per heavy atom. The number of anilines is 2. The molecular formula is C36H47N5O7. The molecule has 3 amide bonds. The third-order valence-electron chi connectivity index (χ3n) is 8.63. The first-order valence-electron chi connectivity index (χ1n) is 16.6. The van der Waals surface area contributed by atoms with Crippen LogP contribution in [0.4, 0.5) is 16.2 Å². The number of carbonyl (C=O) groups is 2. The van der Waals surface area contributed by atoms with E-state index in [0.29, 0.717) is 53.9 Å². The van der Waals surface area contributed by atoms with Crippen molar-refractivity contribution < 1.29 is 33.6 Å². The molecule has 1 aromatic heterocycles. The first kappa shape index (κ1) is 34.9. The molecule has 2 aliphatic heterocycles. The largest absolute Gasteiger partial charge is 0.490 e. The summed E-state index contributed by atoms with van der Waals surface area (Å²) < 4.78 is 23.6. The third-order valence-corrected chi connectivity index (χ3v) is 8.63.